The number of benzene rings is 1. The van der Waals surface area contributed by atoms with Crippen LogP contribution in [0.1, 0.15) is 0 Å². The van der Waals surface area contributed by atoms with Crippen molar-refractivity contribution in [2.75, 3.05) is 30.0 Å². The summed E-state index contributed by atoms with van der Waals surface area (Å²) in [5.41, 5.74) is 4.95. The normalized spacial score (nSPS) is 10.1. The van der Waals surface area contributed by atoms with Crippen molar-refractivity contribution in [1.29, 1.82) is 0 Å². The van der Waals surface area contributed by atoms with E-state index in [-0.39, 0.29) is 24.1 Å². The quantitative estimate of drug-likeness (QED) is 0.652. The SMILES string of the molecule is CNc1nc(N)c(NC(=O)COc2ccc(Cl)cc2)c(=O)[nH]1. The zero-order chi connectivity index (χ0) is 16.1. The minimum Gasteiger partial charge on any atom is -0.484 e. The van der Waals surface area contributed by atoms with Gasteiger partial charge in [0.05, 0.1) is 0 Å². The van der Waals surface area contributed by atoms with Gasteiger partial charge >= 0.3 is 0 Å². The summed E-state index contributed by atoms with van der Waals surface area (Å²) in [5, 5.41) is 5.57. The summed E-state index contributed by atoms with van der Waals surface area (Å²) in [7, 11) is 1.58. The van der Waals surface area contributed by atoms with Crippen LogP contribution >= 0.6 is 11.6 Å². The van der Waals surface area contributed by atoms with Gasteiger partial charge in [-0.05, 0) is 24.3 Å². The monoisotopic (exact) mass is 323 g/mol. The Morgan fingerprint density at radius 2 is 2.09 bits per heavy atom. The van der Waals surface area contributed by atoms with Crippen LogP contribution in [-0.2, 0) is 4.79 Å². The lowest BCUT2D eigenvalue weighted by atomic mass is 10.3. The number of halogens is 1. The third-order valence-corrected chi connectivity index (χ3v) is 2.88. The van der Waals surface area contributed by atoms with Crippen LogP contribution in [-0.4, -0.2) is 29.5 Å². The summed E-state index contributed by atoms with van der Waals surface area (Å²) in [6.07, 6.45) is 0. The number of hydrogen-bond donors (Lipinski definition) is 4. The first kappa shape index (κ1) is 15.6. The highest BCUT2D eigenvalue weighted by atomic mass is 35.5. The van der Waals surface area contributed by atoms with Crippen LogP contribution in [0, 0.1) is 0 Å². The Morgan fingerprint density at radius 3 is 2.68 bits per heavy atom. The van der Waals surface area contributed by atoms with Crippen molar-refractivity contribution in [3.05, 3.63) is 39.6 Å². The zero-order valence-corrected chi connectivity index (χ0v) is 12.4. The fraction of sp³-hybridized carbons (Fsp3) is 0.154. The van der Waals surface area contributed by atoms with Crippen LogP contribution in [0.3, 0.4) is 0 Å². The van der Waals surface area contributed by atoms with E-state index in [1.165, 1.54) is 0 Å². The largest absolute Gasteiger partial charge is 0.484 e. The molecular weight excluding hydrogens is 310 g/mol. The Kier molecular flexibility index (Phi) is 4.84. The summed E-state index contributed by atoms with van der Waals surface area (Å²) < 4.78 is 5.26. The van der Waals surface area contributed by atoms with E-state index >= 15 is 0 Å². The Bertz CT molecular complexity index is 729. The molecule has 116 valence electrons. The number of nitrogens with zero attached hydrogens (tertiary/aromatic N) is 1. The van der Waals surface area contributed by atoms with E-state index in [0.29, 0.717) is 10.8 Å². The minimum absolute atomic E-state index is 0.0899. The maximum Gasteiger partial charge on any atom is 0.278 e. The van der Waals surface area contributed by atoms with Gasteiger partial charge in [0.2, 0.25) is 5.95 Å². The van der Waals surface area contributed by atoms with Gasteiger partial charge in [-0.2, -0.15) is 4.98 Å². The van der Waals surface area contributed by atoms with Gasteiger partial charge in [0.1, 0.15) is 11.4 Å². The molecule has 1 aromatic heterocycles. The smallest absolute Gasteiger partial charge is 0.278 e. The van der Waals surface area contributed by atoms with Crippen LogP contribution in [0.4, 0.5) is 17.5 Å². The highest BCUT2D eigenvalue weighted by molar-refractivity contribution is 6.30. The minimum atomic E-state index is -0.559. The van der Waals surface area contributed by atoms with Crippen molar-refractivity contribution in [2.45, 2.75) is 0 Å². The molecule has 2 rings (SSSR count). The standard InChI is InChI=1S/C13H14ClN5O3/c1-16-13-18-11(15)10(12(21)19-13)17-9(20)6-22-8-4-2-7(14)3-5-8/h2-5H,6H2,1H3,(H,17,20)(H4,15,16,18,19,21). The molecule has 1 heterocycles. The Hall–Kier alpha value is -2.74. The number of rotatable bonds is 5. The number of ether oxygens (including phenoxy) is 1. The van der Waals surface area contributed by atoms with Crippen LogP contribution in [0.15, 0.2) is 29.1 Å². The lowest BCUT2D eigenvalue weighted by molar-refractivity contribution is -0.118. The molecule has 0 aliphatic carbocycles. The number of H-pyrrole nitrogens is 1. The lowest BCUT2D eigenvalue weighted by Gasteiger charge is -2.09. The highest BCUT2D eigenvalue weighted by Gasteiger charge is 2.12. The van der Waals surface area contributed by atoms with Gasteiger partial charge < -0.3 is 21.1 Å². The molecule has 9 heteroatoms. The third-order valence-electron chi connectivity index (χ3n) is 2.63. The Morgan fingerprint density at radius 1 is 1.41 bits per heavy atom. The van der Waals surface area contributed by atoms with Gasteiger partial charge in [-0.1, -0.05) is 11.6 Å². The maximum absolute atomic E-state index is 11.8. The van der Waals surface area contributed by atoms with Gasteiger partial charge in [-0.25, -0.2) is 0 Å². The molecule has 1 amide bonds. The van der Waals surface area contributed by atoms with Gasteiger partial charge in [0, 0.05) is 12.1 Å². The van der Waals surface area contributed by atoms with E-state index < -0.39 is 11.5 Å². The first-order valence-corrected chi connectivity index (χ1v) is 6.63. The molecule has 0 saturated heterocycles. The molecule has 0 unspecified atom stereocenters. The van der Waals surface area contributed by atoms with E-state index in [1.807, 2.05) is 0 Å². The summed E-state index contributed by atoms with van der Waals surface area (Å²) in [6.45, 7) is -0.283. The number of carbonyl (C=O) groups excluding carboxylic acids is 1. The average molecular weight is 324 g/mol. The number of anilines is 3. The summed E-state index contributed by atoms with van der Waals surface area (Å²) >= 11 is 5.74. The molecule has 0 bridgehead atoms. The van der Waals surface area contributed by atoms with Gasteiger partial charge in [-0.15, -0.1) is 0 Å². The Balaban J connectivity index is 2.00. The molecular formula is C13H14ClN5O3. The predicted molar refractivity (Wildman–Crippen MR) is 84.4 cm³/mol. The fourth-order valence-corrected chi connectivity index (χ4v) is 1.71. The van der Waals surface area contributed by atoms with Crippen molar-refractivity contribution in [3.8, 4) is 5.75 Å². The summed E-state index contributed by atoms with van der Waals surface area (Å²) in [6, 6.07) is 6.52. The molecule has 0 radical (unpaired) electrons. The number of nitrogen functional groups attached to an aromatic ring is 1. The molecule has 0 spiro atoms. The lowest BCUT2D eigenvalue weighted by Crippen LogP contribution is -2.26. The number of nitrogens with two attached hydrogens (primary N) is 1. The van der Waals surface area contributed by atoms with Crippen molar-refractivity contribution in [3.63, 3.8) is 0 Å². The van der Waals surface area contributed by atoms with Crippen LogP contribution < -0.4 is 26.7 Å². The first-order chi connectivity index (χ1) is 10.5. The van der Waals surface area contributed by atoms with E-state index in [4.69, 9.17) is 22.1 Å². The molecule has 1 aromatic carbocycles. The topological polar surface area (TPSA) is 122 Å². The molecule has 5 N–H and O–H groups in total. The second-order valence-corrected chi connectivity index (χ2v) is 4.65. The van der Waals surface area contributed by atoms with Crippen molar-refractivity contribution < 1.29 is 9.53 Å². The van der Waals surface area contributed by atoms with Gasteiger partial charge in [0.25, 0.3) is 11.5 Å². The number of aromatic amines is 1. The highest BCUT2D eigenvalue weighted by Crippen LogP contribution is 2.15. The van der Waals surface area contributed by atoms with Crippen LogP contribution in [0.5, 0.6) is 5.75 Å². The number of amides is 1. The number of hydrogen-bond acceptors (Lipinski definition) is 6. The molecule has 0 saturated carbocycles. The van der Waals surface area contributed by atoms with Crippen molar-refractivity contribution in [2.24, 2.45) is 0 Å². The van der Waals surface area contributed by atoms with Gasteiger partial charge in [0.15, 0.2) is 12.4 Å². The van der Waals surface area contributed by atoms with E-state index in [2.05, 4.69) is 20.6 Å². The average Bonchev–Trinajstić information content (AvgIpc) is 2.50. The molecule has 22 heavy (non-hydrogen) atoms. The van der Waals surface area contributed by atoms with Crippen molar-refractivity contribution in [1.82, 2.24) is 9.97 Å². The molecule has 0 aliphatic heterocycles. The maximum atomic E-state index is 11.8. The number of carbonyl (C=O) groups is 1. The van der Waals surface area contributed by atoms with E-state index in [0.717, 1.165) is 0 Å². The van der Waals surface area contributed by atoms with E-state index in [9.17, 15) is 9.59 Å². The summed E-state index contributed by atoms with van der Waals surface area (Å²) in [5.74, 6) is 0.0575. The summed E-state index contributed by atoms with van der Waals surface area (Å²) in [4.78, 5) is 29.9. The number of nitrogens with one attached hydrogen (secondary N) is 3. The third kappa shape index (κ3) is 3.89. The molecule has 0 aliphatic rings. The zero-order valence-electron chi connectivity index (χ0n) is 11.6. The first-order valence-electron chi connectivity index (χ1n) is 6.25. The molecule has 0 atom stereocenters. The second kappa shape index (κ2) is 6.81. The fourth-order valence-electron chi connectivity index (χ4n) is 1.59. The van der Waals surface area contributed by atoms with E-state index in [1.54, 1.807) is 31.3 Å². The van der Waals surface area contributed by atoms with Crippen LogP contribution in [0.25, 0.3) is 0 Å². The number of aromatic nitrogens is 2. The van der Waals surface area contributed by atoms with Crippen LogP contribution in [0.2, 0.25) is 5.02 Å². The van der Waals surface area contributed by atoms with Gasteiger partial charge in [-0.3, -0.25) is 14.6 Å². The predicted octanol–water partition coefficient (Wildman–Crippen LogP) is 1.06. The van der Waals surface area contributed by atoms with Crippen molar-refractivity contribution >= 4 is 35.0 Å². The Labute approximate surface area is 130 Å². The molecule has 8 nitrogen and oxygen atoms in total. The molecule has 2 aromatic rings. The second-order valence-electron chi connectivity index (χ2n) is 4.22. The molecule has 0 fully saturated rings.